The molecular formula is C14H19IN4. The molecule has 1 heterocycles. The zero-order valence-electron chi connectivity index (χ0n) is 11.3. The Morgan fingerprint density at radius 3 is 2.74 bits per heavy atom. The van der Waals surface area contributed by atoms with Gasteiger partial charge in [-0.2, -0.15) is 5.10 Å². The highest BCUT2D eigenvalue weighted by Gasteiger charge is 2.01. The van der Waals surface area contributed by atoms with Crippen molar-refractivity contribution in [1.82, 2.24) is 9.78 Å². The Kier molecular flexibility index (Phi) is 4.68. The molecule has 5 heteroatoms. The lowest BCUT2D eigenvalue weighted by Gasteiger charge is -2.10. The van der Waals surface area contributed by atoms with Crippen molar-refractivity contribution in [3.63, 3.8) is 0 Å². The molecule has 2 aromatic rings. The van der Waals surface area contributed by atoms with Crippen molar-refractivity contribution in [2.24, 2.45) is 0 Å². The SMILES string of the molecule is Cc1cc(C)n(CCCNc2ccc(I)cc2N)n1. The third-order valence-corrected chi connectivity index (χ3v) is 3.65. The van der Waals surface area contributed by atoms with Crippen LogP contribution in [0.15, 0.2) is 24.3 Å². The number of rotatable bonds is 5. The molecule has 0 fully saturated rings. The first-order valence-electron chi connectivity index (χ1n) is 6.36. The van der Waals surface area contributed by atoms with E-state index in [0.717, 1.165) is 40.1 Å². The molecule has 1 aromatic heterocycles. The highest BCUT2D eigenvalue weighted by molar-refractivity contribution is 14.1. The molecule has 4 nitrogen and oxygen atoms in total. The molecule has 0 radical (unpaired) electrons. The van der Waals surface area contributed by atoms with E-state index in [2.05, 4.69) is 52.1 Å². The van der Waals surface area contributed by atoms with Crippen LogP contribution in [0.25, 0.3) is 0 Å². The minimum Gasteiger partial charge on any atom is -0.397 e. The zero-order chi connectivity index (χ0) is 13.8. The molecule has 0 aliphatic carbocycles. The van der Waals surface area contributed by atoms with Crippen molar-refractivity contribution >= 4 is 34.0 Å². The summed E-state index contributed by atoms with van der Waals surface area (Å²) in [5, 5.41) is 7.81. The summed E-state index contributed by atoms with van der Waals surface area (Å²) in [6.45, 7) is 5.93. The fourth-order valence-corrected chi connectivity index (χ4v) is 2.56. The van der Waals surface area contributed by atoms with Gasteiger partial charge in [0.2, 0.25) is 0 Å². The van der Waals surface area contributed by atoms with Gasteiger partial charge in [-0.1, -0.05) is 0 Å². The van der Waals surface area contributed by atoms with Gasteiger partial charge in [0.1, 0.15) is 0 Å². The van der Waals surface area contributed by atoms with E-state index in [9.17, 15) is 0 Å². The third-order valence-electron chi connectivity index (χ3n) is 2.98. The maximum absolute atomic E-state index is 5.96. The predicted molar refractivity (Wildman–Crippen MR) is 88.4 cm³/mol. The fourth-order valence-electron chi connectivity index (χ4n) is 2.05. The van der Waals surface area contributed by atoms with E-state index in [1.807, 2.05) is 23.7 Å². The van der Waals surface area contributed by atoms with Crippen LogP contribution >= 0.6 is 22.6 Å². The molecule has 0 aliphatic heterocycles. The Balaban J connectivity index is 1.82. The van der Waals surface area contributed by atoms with Crippen molar-refractivity contribution in [3.8, 4) is 0 Å². The number of nitrogens with two attached hydrogens (primary N) is 1. The van der Waals surface area contributed by atoms with Crippen molar-refractivity contribution in [2.45, 2.75) is 26.8 Å². The topological polar surface area (TPSA) is 55.9 Å². The van der Waals surface area contributed by atoms with E-state index in [-0.39, 0.29) is 0 Å². The molecule has 0 aliphatic rings. The van der Waals surface area contributed by atoms with Crippen LogP contribution in [-0.2, 0) is 6.54 Å². The Bertz CT molecular complexity index is 563. The summed E-state index contributed by atoms with van der Waals surface area (Å²) >= 11 is 2.26. The average molecular weight is 370 g/mol. The van der Waals surface area contributed by atoms with Gasteiger partial charge in [0.05, 0.1) is 17.1 Å². The second kappa shape index (κ2) is 6.27. The summed E-state index contributed by atoms with van der Waals surface area (Å²) in [5.41, 5.74) is 10.1. The number of anilines is 2. The fraction of sp³-hybridized carbons (Fsp3) is 0.357. The van der Waals surface area contributed by atoms with Gasteiger partial charge in [0.25, 0.3) is 0 Å². The molecule has 1 aromatic carbocycles. The maximum Gasteiger partial charge on any atom is 0.0596 e. The van der Waals surface area contributed by atoms with Crippen LogP contribution in [0.5, 0.6) is 0 Å². The monoisotopic (exact) mass is 370 g/mol. The summed E-state index contributed by atoms with van der Waals surface area (Å²) in [5.74, 6) is 0. The lowest BCUT2D eigenvalue weighted by Crippen LogP contribution is -2.10. The average Bonchev–Trinajstić information content (AvgIpc) is 2.65. The van der Waals surface area contributed by atoms with E-state index in [4.69, 9.17) is 5.73 Å². The number of nitrogens with one attached hydrogen (secondary N) is 1. The molecule has 0 amide bonds. The highest BCUT2D eigenvalue weighted by Crippen LogP contribution is 2.20. The third kappa shape index (κ3) is 3.86. The molecule has 19 heavy (non-hydrogen) atoms. The van der Waals surface area contributed by atoms with Crippen LogP contribution in [-0.4, -0.2) is 16.3 Å². The highest BCUT2D eigenvalue weighted by atomic mass is 127. The number of hydrogen-bond donors (Lipinski definition) is 2. The quantitative estimate of drug-likeness (QED) is 0.483. The van der Waals surface area contributed by atoms with Crippen LogP contribution in [0.3, 0.4) is 0 Å². The number of aryl methyl sites for hydroxylation is 3. The Hall–Kier alpha value is -1.24. The van der Waals surface area contributed by atoms with Crippen LogP contribution in [0, 0.1) is 17.4 Å². The van der Waals surface area contributed by atoms with Crippen LogP contribution < -0.4 is 11.1 Å². The van der Waals surface area contributed by atoms with Crippen LogP contribution in [0.2, 0.25) is 0 Å². The first-order chi connectivity index (χ1) is 9.06. The van der Waals surface area contributed by atoms with Crippen molar-refractivity contribution in [2.75, 3.05) is 17.6 Å². The number of hydrogen-bond acceptors (Lipinski definition) is 3. The van der Waals surface area contributed by atoms with Crippen molar-refractivity contribution < 1.29 is 0 Å². The maximum atomic E-state index is 5.96. The number of benzene rings is 1. The number of aromatic nitrogens is 2. The first-order valence-corrected chi connectivity index (χ1v) is 7.44. The molecule has 0 unspecified atom stereocenters. The molecule has 0 saturated heterocycles. The van der Waals surface area contributed by atoms with Crippen LogP contribution in [0.1, 0.15) is 17.8 Å². The first kappa shape index (κ1) is 14.2. The van der Waals surface area contributed by atoms with Gasteiger partial charge in [0.15, 0.2) is 0 Å². The minimum atomic E-state index is 0.804. The normalized spacial score (nSPS) is 10.7. The Morgan fingerprint density at radius 1 is 1.32 bits per heavy atom. The lowest BCUT2D eigenvalue weighted by atomic mass is 10.2. The van der Waals surface area contributed by atoms with Gasteiger partial charge >= 0.3 is 0 Å². The summed E-state index contributed by atoms with van der Waals surface area (Å²) in [7, 11) is 0. The predicted octanol–water partition coefficient (Wildman–Crippen LogP) is 3.19. The van der Waals surface area contributed by atoms with Gasteiger partial charge in [0, 0.05) is 22.4 Å². The smallest absolute Gasteiger partial charge is 0.0596 e. The van der Waals surface area contributed by atoms with E-state index in [1.165, 1.54) is 5.69 Å². The van der Waals surface area contributed by atoms with Gasteiger partial charge < -0.3 is 11.1 Å². The summed E-state index contributed by atoms with van der Waals surface area (Å²) in [6, 6.07) is 8.16. The van der Waals surface area contributed by atoms with E-state index in [1.54, 1.807) is 0 Å². The van der Waals surface area contributed by atoms with E-state index in [0.29, 0.717) is 0 Å². The largest absolute Gasteiger partial charge is 0.397 e. The van der Waals surface area contributed by atoms with Gasteiger partial charge in [-0.05, 0) is 67.1 Å². The summed E-state index contributed by atoms with van der Waals surface area (Å²) in [6.07, 6.45) is 1.02. The zero-order valence-corrected chi connectivity index (χ0v) is 13.4. The molecule has 0 saturated carbocycles. The number of nitrogen functional groups attached to an aromatic ring is 1. The van der Waals surface area contributed by atoms with E-state index >= 15 is 0 Å². The lowest BCUT2D eigenvalue weighted by molar-refractivity contribution is 0.574. The molecule has 0 spiro atoms. The molecular weight excluding hydrogens is 351 g/mol. The summed E-state index contributed by atoms with van der Waals surface area (Å²) in [4.78, 5) is 0. The minimum absolute atomic E-state index is 0.804. The Morgan fingerprint density at radius 2 is 2.11 bits per heavy atom. The van der Waals surface area contributed by atoms with Gasteiger partial charge in [-0.15, -0.1) is 0 Å². The second-order valence-electron chi connectivity index (χ2n) is 4.66. The molecule has 102 valence electrons. The number of nitrogens with zero attached hydrogens (tertiary/aromatic N) is 2. The van der Waals surface area contributed by atoms with Crippen molar-refractivity contribution in [1.29, 1.82) is 0 Å². The molecule has 0 bridgehead atoms. The van der Waals surface area contributed by atoms with Gasteiger partial charge in [-0.25, -0.2) is 0 Å². The molecule has 3 N–H and O–H groups in total. The standard InChI is InChI=1S/C14H19IN4/c1-10-8-11(2)19(18-10)7-3-6-17-14-5-4-12(15)9-13(14)16/h4-5,8-9,17H,3,6-7,16H2,1-2H3. The second-order valence-corrected chi connectivity index (χ2v) is 5.91. The molecule has 0 atom stereocenters. The molecule has 2 rings (SSSR count). The van der Waals surface area contributed by atoms with E-state index < -0.39 is 0 Å². The van der Waals surface area contributed by atoms with Crippen LogP contribution in [0.4, 0.5) is 11.4 Å². The van der Waals surface area contributed by atoms with Crippen molar-refractivity contribution in [3.05, 3.63) is 39.2 Å². The summed E-state index contributed by atoms with van der Waals surface area (Å²) < 4.78 is 3.21. The Labute approximate surface area is 127 Å². The van der Waals surface area contributed by atoms with Gasteiger partial charge in [-0.3, -0.25) is 4.68 Å². The number of halogens is 1.